The average Bonchev–Trinajstić information content (AvgIpc) is 2.33. The highest BCUT2D eigenvalue weighted by Crippen LogP contribution is 2.26. The minimum Gasteiger partial charge on any atom is -0.502 e. The maximum atomic E-state index is 13.1. The van der Waals surface area contributed by atoms with Crippen LogP contribution in [0.3, 0.4) is 0 Å². The van der Waals surface area contributed by atoms with E-state index >= 15 is 0 Å². The number of ether oxygens (including phenoxy) is 1. The molecule has 0 unspecified atom stereocenters. The van der Waals surface area contributed by atoms with Gasteiger partial charge in [0.25, 0.3) is 0 Å². The first-order valence-electron chi connectivity index (χ1n) is 4.58. The molecule has 1 aromatic heterocycles. The quantitative estimate of drug-likeness (QED) is 0.760. The molecule has 0 bridgehead atoms. The number of carbonyl (C=O) groups is 1. The summed E-state index contributed by atoms with van der Waals surface area (Å²) in [7, 11) is 1.11. The standard InChI is InChI=1S/C11H7FO5/c1-16-11(15)8-4-7(13)5-2-3-6(12)9(14)10(5)17-8/h2-4,14H,1H3. The van der Waals surface area contributed by atoms with E-state index in [-0.39, 0.29) is 11.0 Å². The smallest absolute Gasteiger partial charge is 0.374 e. The largest absolute Gasteiger partial charge is 0.502 e. The fourth-order valence-electron chi connectivity index (χ4n) is 1.38. The number of fused-ring (bicyclic) bond motifs is 1. The third-order valence-corrected chi connectivity index (χ3v) is 2.21. The van der Waals surface area contributed by atoms with Gasteiger partial charge in [0.2, 0.25) is 5.76 Å². The number of hydrogen-bond acceptors (Lipinski definition) is 5. The first-order chi connectivity index (χ1) is 8.04. The molecule has 0 spiro atoms. The normalized spacial score (nSPS) is 10.5. The molecule has 0 fully saturated rings. The van der Waals surface area contributed by atoms with Gasteiger partial charge in [-0.2, -0.15) is 0 Å². The molecule has 0 radical (unpaired) electrons. The van der Waals surface area contributed by atoms with Crippen molar-refractivity contribution >= 4 is 16.9 Å². The van der Waals surface area contributed by atoms with Crippen molar-refractivity contribution in [1.29, 1.82) is 0 Å². The van der Waals surface area contributed by atoms with Crippen molar-refractivity contribution in [1.82, 2.24) is 0 Å². The van der Waals surface area contributed by atoms with E-state index in [0.29, 0.717) is 0 Å². The van der Waals surface area contributed by atoms with Gasteiger partial charge in [0.05, 0.1) is 12.5 Å². The molecule has 0 aliphatic heterocycles. The van der Waals surface area contributed by atoms with Gasteiger partial charge in [0.15, 0.2) is 22.6 Å². The molecule has 2 aromatic rings. The lowest BCUT2D eigenvalue weighted by atomic mass is 10.2. The molecular weight excluding hydrogens is 231 g/mol. The lowest BCUT2D eigenvalue weighted by molar-refractivity contribution is 0.0565. The summed E-state index contributed by atoms with van der Waals surface area (Å²) < 4.78 is 22.4. The molecule has 0 amide bonds. The number of benzene rings is 1. The van der Waals surface area contributed by atoms with E-state index in [4.69, 9.17) is 4.42 Å². The highest BCUT2D eigenvalue weighted by molar-refractivity contribution is 5.90. The van der Waals surface area contributed by atoms with Gasteiger partial charge in [-0.3, -0.25) is 4.79 Å². The first-order valence-corrected chi connectivity index (χ1v) is 4.58. The Hall–Kier alpha value is -2.37. The summed E-state index contributed by atoms with van der Waals surface area (Å²) in [5, 5.41) is 9.38. The lowest BCUT2D eigenvalue weighted by Gasteiger charge is -2.03. The SMILES string of the molecule is COC(=O)c1cc(=O)c2ccc(F)c(O)c2o1. The predicted molar refractivity (Wildman–Crippen MR) is 55.4 cm³/mol. The van der Waals surface area contributed by atoms with Crippen molar-refractivity contribution < 1.29 is 23.4 Å². The molecule has 1 heterocycles. The van der Waals surface area contributed by atoms with Crippen LogP contribution in [0.5, 0.6) is 5.75 Å². The minimum atomic E-state index is -0.942. The van der Waals surface area contributed by atoms with Gasteiger partial charge in [0.1, 0.15) is 0 Å². The number of aromatic hydroxyl groups is 1. The lowest BCUT2D eigenvalue weighted by Crippen LogP contribution is -2.08. The molecule has 17 heavy (non-hydrogen) atoms. The second kappa shape index (κ2) is 3.89. The fourth-order valence-corrected chi connectivity index (χ4v) is 1.38. The van der Waals surface area contributed by atoms with Crippen LogP contribution in [0.4, 0.5) is 4.39 Å². The molecule has 88 valence electrons. The molecule has 5 nitrogen and oxygen atoms in total. The zero-order valence-corrected chi connectivity index (χ0v) is 8.69. The van der Waals surface area contributed by atoms with Gasteiger partial charge in [-0.15, -0.1) is 0 Å². The number of methoxy groups -OCH3 is 1. The van der Waals surface area contributed by atoms with Gasteiger partial charge in [0, 0.05) is 6.07 Å². The fraction of sp³-hybridized carbons (Fsp3) is 0.0909. The van der Waals surface area contributed by atoms with Crippen LogP contribution < -0.4 is 5.43 Å². The van der Waals surface area contributed by atoms with Crippen LogP contribution in [-0.2, 0) is 4.74 Å². The van der Waals surface area contributed by atoms with Gasteiger partial charge in [-0.25, -0.2) is 9.18 Å². The second-order valence-electron chi connectivity index (χ2n) is 3.24. The zero-order valence-electron chi connectivity index (χ0n) is 8.69. The van der Waals surface area contributed by atoms with Crippen molar-refractivity contribution in [3.63, 3.8) is 0 Å². The van der Waals surface area contributed by atoms with Crippen LogP contribution in [-0.4, -0.2) is 18.2 Å². The van der Waals surface area contributed by atoms with E-state index in [2.05, 4.69) is 4.74 Å². The van der Waals surface area contributed by atoms with Crippen molar-refractivity contribution in [3.05, 3.63) is 40.0 Å². The Morgan fingerprint density at radius 3 is 2.82 bits per heavy atom. The van der Waals surface area contributed by atoms with E-state index in [1.165, 1.54) is 0 Å². The number of phenolic OH excluding ortho intramolecular Hbond substituents is 1. The van der Waals surface area contributed by atoms with E-state index < -0.39 is 28.7 Å². The second-order valence-corrected chi connectivity index (χ2v) is 3.24. The van der Waals surface area contributed by atoms with Crippen LogP contribution in [0, 0.1) is 5.82 Å². The van der Waals surface area contributed by atoms with Crippen LogP contribution in [0.15, 0.2) is 27.4 Å². The monoisotopic (exact) mass is 238 g/mol. The molecule has 0 saturated heterocycles. The van der Waals surface area contributed by atoms with E-state index in [0.717, 1.165) is 25.3 Å². The highest BCUT2D eigenvalue weighted by atomic mass is 19.1. The molecule has 0 atom stereocenters. The Labute approximate surface area is 94.0 Å². The number of esters is 1. The average molecular weight is 238 g/mol. The predicted octanol–water partition coefficient (Wildman–Crippen LogP) is 1.42. The van der Waals surface area contributed by atoms with Crippen molar-refractivity contribution in [3.8, 4) is 5.75 Å². The van der Waals surface area contributed by atoms with Crippen molar-refractivity contribution in [2.24, 2.45) is 0 Å². The van der Waals surface area contributed by atoms with Crippen molar-refractivity contribution in [2.75, 3.05) is 7.11 Å². The molecule has 6 heteroatoms. The maximum absolute atomic E-state index is 13.1. The van der Waals surface area contributed by atoms with Crippen LogP contribution >= 0.6 is 0 Å². The third kappa shape index (κ3) is 1.73. The zero-order chi connectivity index (χ0) is 12.6. The molecule has 0 saturated carbocycles. The van der Waals surface area contributed by atoms with Crippen LogP contribution in [0.2, 0.25) is 0 Å². The summed E-state index contributed by atoms with van der Waals surface area (Å²) >= 11 is 0. The van der Waals surface area contributed by atoms with Gasteiger partial charge < -0.3 is 14.3 Å². The van der Waals surface area contributed by atoms with Crippen molar-refractivity contribution in [2.45, 2.75) is 0 Å². The van der Waals surface area contributed by atoms with Crippen LogP contribution in [0.25, 0.3) is 11.0 Å². The highest BCUT2D eigenvalue weighted by Gasteiger charge is 2.16. The van der Waals surface area contributed by atoms with E-state index in [1.807, 2.05) is 0 Å². The number of rotatable bonds is 1. The Bertz CT molecular complexity index is 659. The molecule has 0 aliphatic rings. The van der Waals surface area contributed by atoms with E-state index in [9.17, 15) is 19.1 Å². The van der Waals surface area contributed by atoms with Gasteiger partial charge in [-0.05, 0) is 12.1 Å². The first kappa shape index (κ1) is 11.1. The number of hydrogen-bond donors (Lipinski definition) is 1. The van der Waals surface area contributed by atoms with Gasteiger partial charge in [-0.1, -0.05) is 0 Å². The Morgan fingerprint density at radius 1 is 1.47 bits per heavy atom. The summed E-state index contributed by atoms with van der Waals surface area (Å²) in [5.74, 6) is -3.04. The Balaban J connectivity index is 2.84. The molecule has 0 aliphatic carbocycles. The summed E-state index contributed by atoms with van der Waals surface area (Å²) in [4.78, 5) is 22.8. The molecule has 1 N–H and O–H groups in total. The van der Waals surface area contributed by atoms with Crippen LogP contribution in [0.1, 0.15) is 10.6 Å². The number of halogens is 1. The third-order valence-electron chi connectivity index (χ3n) is 2.21. The summed E-state index contributed by atoms with van der Waals surface area (Å²) in [6.07, 6.45) is 0. The topological polar surface area (TPSA) is 76.7 Å². The molecule has 1 aromatic carbocycles. The molecule has 2 rings (SSSR count). The molecular formula is C11H7FO5. The Morgan fingerprint density at radius 2 is 2.18 bits per heavy atom. The Kier molecular flexibility index (Phi) is 2.55. The number of phenols is 1. The van der Waals surface area contributed by atoms with E-state index in [1.54, 1.807) is 0 Å². The summed E-state index contributed by atoms with van der Waals surface area (Å²) in [5.41, 5.74) is -0.945. The minimum absolute atomic E-state index is 0.0171. The van der Waals surface area contributed by atoms with Gasteiger partial charge >= 0.3 is 5.97 Å². The number of carbonyl (C=O) groups excluding carboxylic acids is 1. The summed E-state index contributed by atoms with van der Waals surface area (Å²) in [6, 6.07) is 3.02. The maximum Gasteiger partial charge on any atom is 0.374 e. The summed E-state index contributed by atoms with van der Waals surface area (Å²) in [6.45, 7) is 0.